The molecule has 0 bridgehead atoms. The molecule has 1 saturated carbocycles. The van der Waals surface area contributed by atoms with Crippen LogP contribution in [0, 0.1) is 5.92 Å². The molecule has 0 atom stereocenters. The topological polar surface area (TPSA) is 38.2 Å². The van der Waals surface area contributed by atoms with E-state index in [0.29, 0.717) is 0 Å². The van der Waals surface area contributed by atoms with Crippen molar-refractivity contribution in [2.75, 3.05) is 26.3 Å². The Labute approximate surface area is 127 Å². The summed E-state index contributed by atoms with van der Waals surface area (Å²) >= 11 is 0. The molecule has 2 fully saturated rings. The molecule has 1 aliphatic carbocycles. The molecule has 1 aromatic rings. The summed E-state index contributed by atoms with van der Waals surface area (Å²) in [4.78, 5) is 11.5. The first-order valence-corrected chi connectivity index (χ1v) is 8.15. The Balaban J connectivity index is 1.52. The SMILES string of the molecule is CC(C)(C)c1cc(CC2CC(N3CCOCC3)C2)ncn1. The van der Waals surface area contributed by atoms with Crippen molar-refractivity contribution < 1.29 is 4.74 Å². The van der Waals surface area contributed by atoms with Crippen LogP contribution in [0.2, 0.25) is 0 Å². The van der Waals surface area contributed by atoms with Gasteiger partial charge in [0, 0.05) is 35.9 Å². The number of hydrogen-bond acceptors (Lipinski definition) is 4. The fourth-order valence-electron chi connectivity index (χ4n) is 3.32. The van der Waals surface area contributed by atoms with Crippen molar-refractivity contribution in [1.82, 2.24) is 14.9 Å². The van der Waals surface area contributed by atoms with E-state index in [0.717, 1.165) is 50.4 Å². The Morgan fingerprint density at radius 1 is 1.19 bits per heavy atom. The summed E-state index contributed by atoms with van der Waals surface area (Å²) in [5.41, 5.74) is 2.46. The van der Waals surface area contributed by atoms with Gasteiger partial charge in [0.05, 0.1) is 13.2 Å². The van der Waals surface area contributed by atoms with E-state index in [4.69, 9.17) is 4.74 Å². The zero-order valence-corrected chi connectivity index (χ0v) is 13.5. The van der Waals surface area contributed by atoms with Gasteiger partial charge in [-0.25, -0.2) is 9.97 Å². The molecule has 0 radical (unpaired) electrons. The van der Waals surface area contributed by atoms with Crippen LogP contribution in [-0.2, 0) is 16.6 Å². The van der Waals surface area contributed by atoms with Gasteiger partial charge in [-0.15, -0.1) is 0 Å². The molecular formula is C17H27N3O. The third-order valence-electron chi connectivity index (χ3n) is 4.76. The molecule has 1 aliphatic heterocycles. The molecule has 1 saturated heterocycles. The van der Waals surface area contributed by atoms with Crippen LogP contribution in [0.25, 0.3) is 0 Å². The molecule has 0 N–H and O–H groups in total. The van der Waals surface area contributed by atoms with Crippen LogP contribution in [0.4, 0.5) is 0 Å². The van der Waals surface area contributed by atoms with Crippen molar-refractivity contribution >= 4 is 0 Å². The second kappa shape index (κ2) is 6.01. The van der Waals surface area contributed by atoms with E-state index in [-0.39, 0.29) is 5.41 Å². The molecule has 0 unspecified atom stereocenters. The molecule has 3 rings (SSSR count). The van der Waals surface area contributed by atoms with Crippen molar-refractivity contribution in [3.8, 4) is 0 Å². The monoisotopic (exact) mass is 289 g/mol. The van der Waals surface area contributed by atoms with E-state index in [2.05, 4.69) is 41.7 Å². The highest BCUT2D eigenvalue weighted by Gasteiger charge is 2.34. The fourth-order valence-corrected chi connectivity index (χ4v) is 3.32. The van der Waals surface area contributed by atoms with Gasteiger partial charge in [-0.2, -0.15) is 0 Å². The molecular weight excluding hydrogens is 262 g/mol. The Morgan fingerprint density at radius 3 is 2.57 bits per heavy atom. The first-order chi connectivity index (χ1) is 10.0. The Bertz CT molecular complexity index is 471. The fraction of sp³-hybridized carbons (Fsp3) is 0.765. The van der Waals surface area contributed by atoms with E-state index in [1.807, 2.05) is 0 Å². The second-order valence-corrected chi connectivity index (χ2v) is 7.49. The maximum Gasteiger partial charge on any atom is 0.115 e. The van der Waals surface area contributed by atoms with Gasteiger partial charge in [-0.3, -0.25) is 4.90 Å². The lowest BCUT2D eigenvalue weighted by molar-refractivity contribution is -0.0170. The van der Waals surface area contributed by atoms with Gasteiger partial charge in [0.1, 0.15) is 6.33 Å². The van der Waals surface area contributed by atoms with E-state index < -0.39 is 0 Å². The maximum absolute atomic E-state index is 5.43. The number of ether oxygens (including phenoxy) is 1. The van der Waals surface area contributed by atoms with Crippen LogP contribution in [0.3, 0.4) is 0 Å². The highest BCUT2D eigenvalue weighted by Crippen LogP contribution is 2.34. The van der Waals surface area contributed by atoms with Crippen molar-refractivity contribution in [2.24, 2.45) is 5.92 Å². The summed E-state index contributed by atoms with van der Waals surface area (Å²) < 4.78 is 5.43. The molecule has 4 heteroatoms. The van der Waals surface area contributed by atoms with Crippen molar-refractivity contribution in [3.05, 3.63) is 23.8 Å². The van der Waals surface area contributed by atoms with Crippen molar-refractivity contribution in [2.45, 2.75) is 51.5 Å². The number of rotatable bonds is 3. The molecule has 0 amide bonds. The lowest BCUT2D eigenvalue weighted by atomic mass is 9.76. The summed E-state index contributed by atoms with van der Waals surface area (Å²) in [6.07, 6.45) is 5.46. The summed E-state index contributed by atoms with van der Waals surface area (Å²) in [6, 6.07) is 2.98. The summed E-state index contributed by atoms with van der Waals surface area (Å²) in [5.74, 6) is 0.792. The third kappa shape index (κ3) is 3.61. The molecule has 21 heavy (non-hydrogen) atoms. The average molecular weight is 289 g/mol. The Hall–Kier alpha value is -1.00. The van der Waals surface area contributed by atoms with Crippen LogP contribution >= 0.6 is 0 Å². The summed E-state index contributed by atoms with van der Waals surface area (Å²) in [5, 5.41) is 0. The van der Waals surface area contributed by atoms with Gasteiger partial charge in [0.15, 0.2) is 0 Å². The van der Waals surface area contributed by atoms with Gasteiger partial charge in [0.2, 0.25) is 0 Å². The zero-order chi connectivity index (χ0) is 14.9. The minimum Gasteiger partial charge on any atom is -0.379 e. The number of morpholine rings is 1. The zero-order valence-electron chi connectivity index (χ0n) is 13.5. The molecule has 0 spiro atoms. The lowest BCUT2D eigenvalue weighted by Crippen LogP contribution is -2.50. The van der Waals surface area contributed by atoms with Gasteiger partial charge in [-0.1, -0.05) is 20.8 Å². The van der Waals surface area contributed by atoms with Crippen molar-refractivity contribution in [3.63, 3.8) is 0 Å². The largest absolute Gasteiger partial charge is 0.379 e. The van der Waals surface area contributed by atoms with Crippen molar-refractivity contribution in [1.29, 1.82) is 0 Å². The predicted molar refractivity (Wildman–Crippen MR) is 83.3 cm³/mol. The van der Waals surface area contributed by atoms with E-state index in [1.54, 1.807) is 6.33 Å². The number of hydrogen-bond donors (Lipinski definition) is 0. The molecule has 0 aromatic carbocycles. The lowest BCUT2D eigenvalue weighted by Gasteiger charge is -2.44. The molecule has 2 heterocycles. The summed E-state index contributed by atoms with van der Waals surface area (Å²) in [7, 11) is 0. The highest BCUT2D eigenvalue weighted by molar-refractivity contribution is 5.16. The smallest absolute Gasteiger partial charge is 0.115 e. The van der Waals surface area contributed by atoms with E-state index >= 15 is 0 Å². The predicted octanol–water partition coefficient (Wildman–Crippen LogP) is 2.43. The minimum absolute atomic E-state index is 0.105. The number of aromatic nitrogens is 2. The molecule has 116 valence electrons. The third-order valence-corrected chi connectivity index (χ3v) is 4.76. The Morgan fingerprint density at radius 2 is 1.90 bits per heavy atom. The maximum atomic E-state index is 5.43. The molecule has 2 aliphatic rings. The summed E-state index contributed by atoms with van der Waals surface area (Å²) in [6.45, 7) is 10.6. The average Bonchev–Trinajstić information content (AvgIpc) is 2.43. The first kappa shape index (κ1) is 14.9. The number of nitrogens with zero attached hydrogens (tertiary/aromatic N) is 3. The second-order valence-electron chi connectivity index (χ2n) is 7.49. The van der Waals surface area contributed by atoms with Gasteiger partial charge in [-0.05, 0) is 31.2 Å². The van der Waals surface area contributed by atoms with Crippen LogP contribution in [0.1, 0.15) is 45.0 Å². The van der Waals surface area contributed by atoms with Crippen LogP contribution < -0.4 is 0 Å². The van der Waals surface area contributed by atoms with Crippen LogP contribution in [0.5, 0.6) is 0 Å². The van der Waals surface area contributed by atoms with Gasteiger partial charge >= 0.3 is 0 Å². The van der Waals surface area contributed by atoms with Crippen LogP contribution in [0.15, 0.2) is 12.4 Å². The normalized spacial score (nSPS) is 27.4. The standard InChI is InChI=1S/C17H27N3O/c1-17(2,3)16-11-14(18-12-19-16)8-13-9-15(10-13)20-4-6-21-7-5-20/h11-13,15H,4-10H2,1-3H3. The molecule has 4 nitrogen and oxygen atoms in total. The highest BCUT2D eigenvalue weighted by atomic mass is 16.5. The Kier molecular flexibility index (Phi) is 4.27. The van der Waals surface area contributed by atoms with Gasteiger partial charge in [0.25, 0.3) is 0 Å². The first-order valence-electron chi connectivity index (χ1n) is 8.15. The molecule has 1 aromatic heterocycles. The minimum atomic E-state index is 0.105. The van der Waals surface area contributed by atoms with Gasteiger partial charge < -0.3 is 4.74 Å². The quantitative estimate of drug-likeness (QED) is 0.856. The van der Waals surface area contributed by atoms with Crippen LogP contribution in [-0.4, -0.2) is 47.2 Å². The van der Waals surface area contributed by atoms with E-state index in [1.165, 1.54) is 18.5 Å². The van der Waals surface area contributed by atoms with E-state index in [9.17, 15) is 0 Å².